The summed E-state index contributed by atoms with van der Waals surface area (Å²) in [6, 6.07) is 0. The largest absolute Gasteiger partial charge is 0.462 e. The smallest absolute Gasteiger partial charge is 0.309 e. The van der Waals surface area contributed by atoms with Gasteiger partial charge in [0, 0.05) is 0 Å². The average Bonchev–Trinajstić information content (AvgIpc) is 2.45. The highest BCUT2D eigenvalue weighted by Gasteiger charge is 2.35. The Morgan fingerprint density at radius 3 is 1.17 bits per heavy atom. The lowest BCUT2D eigenvalue weighted by molar-refractivity contribution is -0.165. The van der Waals surface area contributed by atoms with E-state index in [4.69, 9.17) is 9.47 Å². The molecule has 0 heterocycles. The van der Waals surface area contributed by atoms with Crippen molar-refractivity contribution in [2.24, 2.45) is 22.7 Å². The zero-order valence-electron chi connectivity index (χ0n) is 16.8. The summed E-state index contributed by atoms with van der Waals surface area (Å²) in [7, 11) is 0. The molecule has 4 nitrogen and oxygen atoms in total. The molecule has 0 spiro atoms. The first-order valence-electron chi connectivity index (χ1n) is 9.23. The number of ether oxygens (including phenoxy) is 2. The number of hydrogen-bond donors (Lipinski definition) is 0. The Bertz CT molecular complexity index is 392. The van der Waals surface area contributed by atoms with Crippen molar-refractivity contribution in [1.82, 2.24) is 0 Å². The van der Waals surface area contributed by atoms with Crippen LogP contribution in [0.3, 0.4) is 0 Å². The predicted molar refractivity (Wildman–Crippen MR) is 95.5 cm³/mol. The fourth-order valence-corrected chi connectivity index (χ4v) is 2.46. The summed E-state index contributed by atoms with van der Waals surface area (Å²) in [5.41, 5.74) is -0.112. The van der Waals surface area contributed by atoms with Crippen molar-refractivity contribution < 1.29 is 19.1 Å². The molecule has 2 atom stereocenters. The molecule has 140 valence electrons. The Kier molecular flexibility index (Phi) is 6.89. The van der Waals surface area contributed by atoms with Gasteiger partial charge in [0.15, 0.2) is 0 Å². The van der Waals surface area contributed by atoms with Crippen molar-refractivity contribution in [2.45, 2.75) is 93.3 Å². The van der Waals surface area contributed by atoms with Gasteiger partial charge in [0.1, 0.15) is 12.2 Å². The summed E-state index contributed by atoms with van der Waals surface area (Å²) in [5, 5.41) is 0. The molecule has 24 heavy (non-hydrogen) atoms. The third-order valence-electron chi connectivity index (χ3n) is 5.42. The van der Waals surface area contributed by atoms with Crippen molar-refractivity contribution in [3.8, 4) is 0 Å². The minimum Gasteiger partial charge on any atom is -0.462 e. The molecule has 1 fully saturated rings. The van der Waals surface area contributed by atoms with Crippen LogP contribution in [0, 0.1) is 22.7 Å². The maximum atomic E-state index is 12.3. The quantitative estimate of drug-likeness (QED) is 0.693. The molecular formula is C20H36O4. The zero-order valence-corrected chi connectivity index (χ0v) is 16.8. The second kappa shape index (κ2) is 7.88. The van der Waals surface area contributed by atoms with E-state index in [0.717, 1.165) is 0 Å². The van der Waals surface area contributed by atoms with Crippen LogP contribution in [-0.4, -0.2) is 24.1 Å². The molecule has 0 aromatic rings. The molecule has 0 N–H and O–H groups in total. The van der Waals surface area contributed by atoms with Gasteiger partial charge < -0.3 is 9.47 Å². The Morgan fingerprint density at radius 2 is 0.958 bits per heavy atom. The van der Waals surface area contributed by atoms with E-state index < -0.39 is 0 Å². The van der Waals surface area contributed by atoms with E-state index >= 15 is 0 Å². The molecule has 2 unspecified atom stereocenters. The van der Waals surface area contributed by atoms with Crippen LogP contribution in [0.25, 0.3) is 0 Å². The van der Waals surface area contributed by atoms with Crippen LogP contribution in [0.2, 0.25) is 0 Å². The van der Waals surface area contributed by atoms with E-state index in [1.807, 2.05) is 13.8 Å². The minimum atomic E-state index is -0.118. The van der Waals surface area contributed by atoms with E-state index in [1.54, 1.807) is 0 Å². The van der Waals surface area contributed by atoms with Gasteiger partial charge in [-0.05, 0) is 50.4 Å². The van der Waals surface area contributed by atoms with Gasteiger partial charge in [-0.2, -0.15) is 0 Å². The van der Waals surface area contributed by atoms with Crippen LogP contribution < -0.4 is 0 Å². The van der Waals surface area contributed by atoms with E-state index in [2.05, 4.69) is 41.5 Å². The standard InChI is InChI=1S/C20H36O4/c1-13(19(3,4)5)23-17(21)15-9-11-16(12-10-15)18(22)24-14(2)20(6,7)8/h13-16H,9-12H2,1-8H3. The number of carbonyl (C=O) groups is 2. The SMILES string of the molecule is CC(OC(=O)C1CCC(C(=O)OC(C)C(C)(C)C)CC1)C(C)(C)C. The second-order valence-corrected chi connectivity index (χ2v) is 9.44. The summed E-state index contributed by atoms with van der Waals surface area (Å²) in [6.07, 6.45) is 2.61. The Hall–Kier alpha value is -1.06. The van der Waals surface area contributed by atoms with Gasteiger partial charge in [-0.3, -0.25) is 9.59 Å². The van der Waals surface area contributed by atoms with E-state index in [1.165, 1.54) is 0 Å². The van der Waals surface area contributed by atoms with Crippen LogP contribution in [0.5, 0.6) is 0 Å². The lowest BCUT2D eigenvalue weighted by Gasteiger charge is -2.32. The molecule has 1 rings (SSSR count). The first-order chi connectivity index (χ1) is 10.8. The predicted octanol–water partition coefficient (Wildman–Crippen LogP) is 4.75. The Labute approximate surface area is 147 Å². The van der Waals surface area contributed by atoms with Crippen molar-refractivity contribution in [1.29, 1.82) is 0 Å². The number of hydrogen-bond acceptors (Lipinski definition) is 4. The van der Waals surface area contributed by atoms with Crippen LogP contribution in [-0.2, 0) is 19.1 Å². The highest BCUT2D eigenvalue weighted by Crippen LogP contribution is 2.33. The van der Waals surface area contributed by atoms with Gasteiger partial charge in [-0.25, -0.2) is 0 Å². The van der Waals surface area contributed by atoms with Crippen molar-refractivity contribution in [3.63, 3.8) is 0 Å². The van der Waals surface area contributed by atoms with E-state index in [0.29, 0.717) is 25.7 Å². The molecule has 0 saturated heterocycles. The molecule has 0 amide bonds. The van der Waals surface area contributed by atoms with Gasteiger partial charge in [0.2, 0.25) is 0 Å². The maximum Gasteiger partial charge on any atom is 0.309 e. The van der Waals surface area contributed by atoms with Gasteiger partial charge in [-0.1, -0.05) is 41.5 Å². The molecule has 1 aliphatic rings. The van der Waals surface area contributed by atoms with Crippen LogP contribution in [0.1, 0.15) is 81.1 Å². The summed E-state index contributed by atoms with van der Waals surface area (Å²) in [6.45, 7) is 16.3. The molecule has 0 aliphatic heterocycles. The second-order valence-electron chi connectivity index (χ2n) is 9.44. The van der Waals surface area contributed by atoms with Crippen LogP contribution in [0.15, 0.2) is 0 Å². The lowest BCUT2D eigenvalue weighted by Crippen LogP contribution is -2.35. The monoisotopic (exact) mass is 340 g/mol. The molecule has 1 saturated carbocycles. The van der Waals surface area contributed by atoms with Gasteiger partial charge >= 0.3 is 11.9 Å². The Balaban J connectivity index is 2.46. The third kappa shape index (κ3) is 6.10. The summed E-state index contributed by atoms with van der Waals surface area (Å²) >= 11 is 0. The van der Waals surface area contributed by atoms with E-state index in [-0.39, 0.29) is 46.8 Å². The van der Waals surface area contributed by atoms with E-state index in [9.17, 15) is 9.59 Å². The highest BCUT2D eigenvalue weighted by atomic mass is 16.5. The highest BCUT2D eigenvalue weighted by molar-refractivity contribution is 5.75. The summed E-state index contributed by atoms with van der Waals surface area (Å²) < 4.78 is 11.2. The fraction of sp³-hybridized carbons (Fsp3) is 0.900. The fourth-order valence-electron chi connectivity index (χ4n) is 2.46. The molecule has 0 bridgehead atoms. The normalized spacial score (nSPS) is 24.8. The number of carbonyl (C=O) groups excluding carboxylic acids is 2. The van der Waals surface area contributed by atoms with Gasteiger partial charge in [-0.15, -0.1) is 0 Å². The third-order valence-corrected chi connectivity index (χ3v) is 5.42. The molecule has 4 heteroatoms. The first-order valence-corrected chi connectivity index (χ1v) is 9.23. The van der Waals surface area contributed by atoms with Gasteiger partial charge in [0.25, 0.3) is 0 Å². The lowest BCUT2D eigenvalue weighted by atomic mass is 9.81. The molecule has 1 aliphatic carbocycles. The molecular weight excluding hydrogens is 304 g/mol. The average molecular weight is 341 g/mol. The molecule has 0 aromatic heterocycles. The van der Waals surface area contributed by atoms with Crippen LogP contribution in [0.4, 0.5) is 0 Å². The summed E-state index contributed by atoms with van der Waals surface area (Å²) in [4.78, 5) is 24.6. The van der Waals surface area contributed by atoms with Crippen molar-refractivity contribution in [3.05, 3.63) is 0 Å². The van der Waals surface area contributed by atoms with Crippen LogP contribution >= 0.6 is 0 Å². The van der Waals surface area contributed by atoms with Crippen molar-refractivity contribution >= 4 is 11.9 Å². The van der Waals surface area contributed by atoms with Gasteiger partial charge in [0.05, 0.1) is 11.8 Å². The maximum absolute atomic E-state index is 12.3. The topological polar surface area (TPSA) is 52.6 Å². The number of esters is 2. The summed E-state index contributed by atoms with van der Waals surface area (Å²) in [5.74, 6) is -0.405. The minimum absolute atomic E-state index is 0.0558. The van der Waals surface area contributed by atoms with Crippen molar-refractivity contribution in [2.75, 3.05) is 0 Å². The first kappa shape index (κ1) is 21.0. The molecule has 0 radical (unpaired) electrons. The zero-order chi connectivity index (χ0) is 18.7. The molecule has 0 aromatic carbocycles. The number of rotatable bonds is 4. The Morgan fingerprint density at radius 1 is 0.708 bits per heavy atom.